The Hall–Kier alpha value is -1.72. The molecule has 0 spiro atoms. The molecular formula is C16H20N2O3. The minimum Gasteiger partial charge on any atom is -0.389 e. The first-order valence-corrected chi connectivity index (χ1v) is 7.38. The van der Waals surface area contributed by atoms with Crippen molar-refractivity contribution >= 4 is 11.8 Å². The van der Waals surface area contributed by atoms with Crippen molar-refractivity contribution in [1.82, 2.24) is 9.80 Å². The molecule has 5 heteroatoms. The zero-order chi connectivity index (χ0) is 15.0. The summed E-state index contributed by atoms with van der Waals surface area (Å²) in [7, 11) is 0. The van der Waals surface area contributed by atoms with Gasteiger partial charge >= 0.3 is 0 Å². The number of likely N-dealkylation sites (tertiary alicyclic amines) is 1. The Balaban J connectivity index is 1.56. The second kappa shape index (κ2) is 5.24. The molecule has 3 rings (SSSR count). The highest BCUT2D eigenvalue weighted by molar-refractivity contribution is 6.21. The fraction of sp³-hybridized carbons (Fsp3) is 0.500. The summed E-state index contributed by atoms with van der Waals surface area (Å²) in [6, 6.07) is 6.96. The molecular weight excluding hydrogens is 268 g/mol. The first kappa shape index (κ1) is 14.2. The molecule has 112 valence electrons. The molecule has 0 saturated carbocycles. The Morgan fingerprint density at radius 3 is 2.29 bits per heavy atom. The van der Waals surface area contributed by atoms with Crippen LogP contribution < -0.4 is 0 Å². The van der Waals surface area contributed by atoms with E-state index in [2.05, 4.69) is 4.90 Å². The van der Waals surface area contributed by atoms with Crippen molar-refractivity contribution in [3.63, 3.8) is 0 Å². The van der Waals surface area contributed by atoms with Gasteiger partial charge in [-0.15, -0.1) is 0 Å². The largest absolute Gasteiger partial charge is 0.389 e. The van der Waals surface area contributed by atoms with E-state index in [0.717, 1.165) is 25.9 Å². The smallest absolute Gasteiger partial charge is 0.261 e. The second-order valence-corrected chi connectivity index (χ2v) is 6.18. The van der Waals surface area contributed by atoms with Crippen LogP contribution in [0.15, 0.2) is 24.3 Å². The van der Waals surface area contributed by atoms with Crippen LogP contribution in [0.25, 0.3) is 0 Å². The van der Waals surface area contributed by atoms with E-state index in [9.17, 15) is 14.7 Å². The number of hydrogen-bond donors (Lipinski definition) is 1. The molecule has 1 unspecified atom stereocenters. The second-order valence-electron chi connectivity index (χ2n) is 6.18. The van der Waals surface area contributed by atoms with E-state index in [1.165, 1.54) is 4.90 Å². The lowest BCUT2D eigenvalue weighted by molar-refractivity contribution is 0.0618. The number of imide groups is 1. The number of carbonyl (C=O) groups excluding carboxylic acids is 2. The van der Waals surface area contributed by atoms with Crippen LogP contribution in [0.3, 0.4) is 0 Å². The molecule has 1 atom stereocenters. The SMILES string of the molecule is CC1(O)CCN(CCCN2C(=O)c3ccccc3C2=O)C1. The molecule has 5 nitrogen and oxygen atoms in total. The van der Waals surface area contributed by atoms with Gasteiger partial charge in [-0.25, -0.2) is 0 Å². The van der Waals surface area contributed by atoms with Crippen LogP contribution in [-0.2, 0) is 0 Å². The van der Waals surface area contributed by atoms with Crippen LogP contribution in [-0.4, -0.2) is 58.5 Å². The Kier molecular flexibility index (Phi) is 3.55. The highest BCUT2D eigenvalue weighted by atomic mass is 16.3. The maximum Gasteiger partial charge on any atom is 0.261 e. The molecule has 1 saturated heterocycles. The standard InChI is InChI=1S/C16H20N2O3/c1-16(21)7-10-17(11-16)8-4-9-18-14(19)12-5-2-3-6-13(12)15(18)20/h2-3,5-6,21H,4,7-11H2,1H3. The highest BCUT2D eigenvalue weighted by Crippen LogP contribution is 2.23. The van der Waals surface area contributed by atoms with Gasteiger partial charge in [-0.05, 0) is 38.4 Å². The summed E-state index contributed by atoms with van der Waals surface area (Å²) in [5.74, 6) is -0.381. The molecule has 2 aliphatic heterocycles. The Labute approximate surface area is 124 Å². The van der Waals surface area contributed by atoms with Crippen molar-refractivity contribution in [2.45, 2.75) is 25.4 Å². The van der Waals surface area contributed by atoms with Gasteiger partial charge in [0.1, 0.15) is 0 Å². The average Bonchev–Trinajstić information content (AvgIpc) is 2.92. The van der Waals surface area contributed by atoms with Crippen LogP contribution in [0.2, 0.25) is 0 Å². The monoisotopic (exact) mass is 288 g/mol. The molecule has 1 aromatic rings. The minimum absolute atomic E-state index is 0.191. The Morgan fingerprint density at radius 1 is 1.14 bits per heavy atom. The zero-order valence-corrected chi connectivity index (χ0v) is 12.2. The van der Waals surface area contributed by atoms with Gasteiger partial charge in [0.05, 0.1) is 16.7 Å². The minimum atomic E-state index is -0.602. The third kappa shape index (κ3) is 2.71. The highest BCUT2D eigenvalue weighted by Gasteiger charge is 2.35. The number of fused-ring (bicyclic) bond motifs is 1. The van der Waals surface area contributed by atoms with E-state index >= 15 is 0 Å². The van der Waals surface area contributed by atoms with Gasteiger partial charge < -0.3 is 10.0 Å². The fourth-order valence-corrected chi connectivity index (χ4v) is 3.12. The molecule has 0 aromatic heterocycles. The van der Waals surface area contributed by atoms with E-state index < -0.39 is 5.60 Å². The topological polar surface area (TPSA) is 60.9 Å². The van der Waals surface area contributed by atoms with E-state index in [-0.39, 0.29) is 11.8 Å². The predicted molar refractivity (Wildman–Crippen MR) is 78.1 cm³/mol. The molecule has 1 aromatic carbocycles. The predicted octanol–water partition coefficient (Wildman–Crippen LogP) is 1.13. The third-order valence-electron chi connectivity index (χ3n) is 4.27. The van der Waals surface area contributed by atoms with Gasteiger partial charge in [0.25, 0.3) is 11.8 Å². The number of amides is 2. The number of carbonyl (C=O) groups is 2. The molecule has 0 bridgehead atoms. The summed E-state index contributed by atoms with van der Waals surface area (Å²) < 4.78 is 0. The van der Waals surface area contributed by atoms with Gasteiger partial charge in [0, 0.05) is 19.6 Å². The molecule has 0 radical (unpaired) electrons. The molecule has 1 fully saturated rings. The van der Waals surface area contributed by atoms with E-state index in [0.29, 0.717) is 24.2 Å². The first-order valence-electron chi connectivity index (χ1n) is 7.38. The molecule has 0 aliphatic carbocycles. The van der Waals surface area contributed by atoms with Crippen LogP contribution in [0, 0.1) is 0 Å². The summed E-state index contributed by atoms with van der Waals surface area (Å²) in [4.78, 5) is 27.9. The summed E-state index contributed by atoms with van der Waals surface area (Å²) in [6.45, 7) is 4.61. The van der Waals surface area contributed by atoms with Gasteiger partial charge in [-0.2, -0.15) is 0 Å². The number of benzene rings is 1. The Bertz CT molecular complexity index is 548. The fourth-order valence-electron chi connectivity index (χ4n) is 3.12. The van der Waals surface area contributed by atoms with Crippen molar-refractivity contribution in [3.8, 4) is 0 Å². The molecule has 1 N–H and O–H groups in total. The lowest BCUT2D eigenvalue weighted by Crippen LogP contribution is -2.34. The number of nitrogens with zero attached hydrogens (tertiary/aromatic N) is 2. The third-order valence-corrected chi connectivity index (χ3v) is 4.27. The van der Waals surface area contributed by atoms with Gasteiger partial charge in [0.2, 0.25) is 0 Å². The van der Waals surface area contributed by atoms with Crippen molar-refractivity contribution in [1.29, 1.82) is 0 Å². The lowest BCUT2D eigenvalue weighted by Gasteiger charge is -2.20. The summed E-state index contributed by atoms with van der Waals surface area (Å²) >= 11 is 0. The summed E-state index contributed by atoms with van der Waals surface area (Å²) in [5.41, 5.74) is 0.411. The van der Waals surface area contributed by atoms with Crippen molar-refractivity contribution < 1.29 is 14.7 Å². The molecule has 2 heterocycles. The number of β-amino-alcohol motifs (C(OH)–C–C–N with tert-alkyl or cyclic N) is 1. The molecule has 21 heavy (non-hydrogen) atoms. The Morgan fingerprint density at radius 2 is 1.76 bits per heavy atom. The maximum atomic E-state index is 12.2. The summed E-state index contributed by atoms with van der Waals surface area (Å²) in [6.07, 6.45) is 1.52. The van der Waals surface area contributed by atoms with Crippen LogP contribution in [0.1, 0.15) is 40.5 Å². The number of rotatable bonds is 4. The van der Waals surface area contributed by atoms with Gasteiger partial charge in [0.15, 0.2) is 0 Å². The van der Waals surface area contributed by atoms with E-state index in [1.54, 1.807) is 24.3 Å². The average molecular weight is 288 g/mol. The molecule has 2 amide bonds. The van der Waals surface area contributed by atoms with Crippen molar-refractivity contribution in [2.24, 2.45) is 0 Å². The lowest BCUT2D eigenvalue weighted by atomic mass is 10.1. The van der Waals surface area contributed by atoms with Gasteiger partial charge in [-0.1, -0.05) is 12.1 Å². The van der Waals surface area contributed by atoms with Gasteiger partial charge in [-0.3, -0.25) is 14.5 Å². The first-order chi connectivity index (χ1) is 9.98. The van der Waals surface area contributed by atoms with Crippen molar-refractivity contribution in [3.05, 3.63) is 35.4 Å². The zero-order valence-electron chi connectivity index (χ0n) is 12.2. The molecule has 2 aliphatic rings. The van der Waals surface area contributed by atoms with E-state index in [1.807, 2.05) is 6.92 Å². The number of hydrogen-bond acceptors (Lipinski definition) is 4. The number of aliphatic hydroxyl groups is 1. The van der Waals surface area contributed by atoms with E-state index in [4.69, 9.17) is 0 Å². The van der Waals surface area contributed by atoms with Crippen LogP contribution in [0.4, 0.5) is 0 Å². The maximum absolute atomic E-state index is 12.2. The quantitative estimate of drug-likeness (QED) is 0.844. The van der Waals surface area contributed by atoms with Crippen molar-refractivity contribution in [2.75, 3.05) is 26.2 Å². The van der Waals surface area contributed by atoms with Crippen LogP contribution in [0.5, 0.6) is 0 Å². The summed E-state index contributed by atoms with van der Waals surface area (Å²) in [5, 5.41) is 9.92. The normalized spacial score (nSPS) is 25.7. The van der Waals surface area contributed by atoms with Crippen LogP contribution >= 0.6 is 0 Å².